The summed E-state index contributed by atoms with van der Waals surface area (Å²) < 4.78 is 1.91. The first-order valence-electron chi connectivity index (χ1n) is 6.67. The van der Waals surface area contributed by atoms with Crippen LogP contribution in [0.3, 0.4) is 0 Å². The van der Waals surface area contributed by atoms with Crippen molar-refractivity contribution in [1.82, 2.24) is 14.9 Å². The van der Waals surface area contributed by atoms with Crippen LogP contribution in [0.1, 0.15) is 37.0 Å². The van der Waals surface area contributed by atoms with Crippen LogP contribution in [0.15, 0.2) is 18.2 Å². The van der Waals surface area contributed by atoms with Gasteiger partial charge in [0, 0.05) is 6.54 Å². The van der Waals surface area contributed by atoms with E-state index in [1.165, 1.54) is 0 Å². The van der Waals surface area contributed by atoms with Crippen molar-refractivity contribution in [3.63, 3.8) is 0 Å². The number of alkyl halides is 1. The van der Waals surface area contributed by atoms with Crippen LogP contribution in [0.25, 0.3) is 11.0 Å². The Morgan fingerprint density at radius 1 is 1.50 bits per heavy atom. The van der Waals surface area contributed by atoms with Gasteiger partial charge in [-0.3, -0.25) is 4.79 Å². The molecule has 1 saturated heterocycles. The number of imidazole rings is 1. The number of carbonyl (C=O) groups is 1. The number of halogens is 2. The highest BCUT2D eigenvalue weighted by molar-refractivity contribution is 6.35. The first-order chi connectivity index (χ1) is 9.59. The van der Waals surface area contributed by atoms with Crippen LogP contribution < -0.4 is 5.32 Å². The van der Waals surface area contributed by atoms with Gasteiger partial charge in [-0.15, -0.1) is 11.6 Å². The Bertz CT molecular complexity index is 666. The molecule has 0 radical (unpaired) electrons. The lowest BCUT2D eigenvalue weighted by Crippen LogP contribution is -2.38. The van der Waals surface area contributed by atoms with Crippen molar-refractivity contribution >= 4 is 40.1 Å². The molecule has 2 aromatic rings. The number of aromatic nitrogens is 2. The Hall–Kier alpha value is -1.26. The molecule has 2 heterocycles. The van der Waals surface area contributed by atoms with Gasteiger partial charge in [0.2, 0.25) is 5.91 Å². The summed E-state index contributed by atoms with van der Waals surface area (Å²) in [7, 11) is 0. The van der Waals surface area contributed by atoms with Crippen molar-refractivity contribution in [3.8, 4) is 0 Å². The molecule has 1 aliphatic rings. The van der Waals surface area contributed by atoms with Crippen molar-refractivity contribution in [3.05, 3.63) is 29.0 Å². The minimum Gasteiger partial charge on any atom is -0.354 e. The average Bonchev–Trinajstić information content (AvgIpc) is 2.80. The molecule has 3 rings (SSSR count). The molecule has 20 heavy (non-hydrogen) atoms. The Morgan fingerprint density at radius 3 is 3.00 bits per heavy atom. The molecular formula is C14H15Cl2N3O. The molecule has 1 fully saturated rings. The summed E-state index contributed by atoms with van der Waals surface area (Å²) in [5.74, 6) is 0.700. The molecular weight excluding hydrogens is 297 g/mol. The Morgan fingerprint density at radius 2 is 2.30 bits per heavy atom. The summed E-state index contributed by atoms with van der Waals surface area (Å²) in [6, 6.07) is 5.27. The molecule has 0 aliphatic carbocycles. The maximum Gasteiger partial charge on any atom is 0.243 e. The smallest absolute Gasteiger partial charge is 0.243 e. The maximum absolute atomic E-state index is 12.2. The molecule has 1 N–H and O–H groups in total. The third kappa shape index (κ3) is 2.17. The maximum atomic E-state index is 12.2. The Kier molecular flexibility index (Phi) is 3.61. The number of piperidine rings is 1. The van der Waals surface area contributed by atoms with Crippen molar-refractivity contribution in [2.45, 2.75) is 31.2 Å². The van der Waals surface area contributed by atoms with E-state index in [-0.39, 0.29) is 17.3 Å². The highest BCUT2D eigenvalue weighted by Gasteiger charge is 2.29. The zero-order chi connectivity index (χ0) is 14.3. The van der Waals surface area contributed by atoms with Crippen LogP contribution in [-0.4, -0.2) is 22.0 Å². The lowest BCUT2D eigenvalue weighted by Gasteiger charge is -2.26. The number of hydrogen-bond acceptors (Lipinski definition) is 2. The number of para-hydroxylation sites is 1. The summed E-state index contributed by atoms with van der Waals surface area (Å²) in [5.41, 5.74) is 1.57. The fourth-order valence-electron chi connectivity index (χ4n) is 2.72. The molecule has 2 unspecified atom stereocenters. The van der Waals surface area contributed by atoms with Gasteiger partial charge in [-0.25, -0.2) is 4.98 Å². The van der Waals surface area contributed by atoms with Crippen LogP contribution in [0, 0.1) is 0 Å². The summed E-state index contributed by atoms with van der Waals surface area (Å²) in [5, 5.41) is 3.21. The number of nitrogens with one attached hydrogen (secondary N) is 1. The fraction of sp³-hybridized carbons (Fsp3) is 0.429. The topological polar surface area (TPSA) is 46.9 Å². The molecule has 6 heteroatoms. The minimum absolute atomic E-state index is 0.00837. The van der Waals surface area contributed by atoms with Gasteiger partial charge in [0.25, 0.3) is 0 Å². The van der Waals surface area contributed by atoms with Crippen molar-refractivity contribution in [2.75, 3.05) is 6.54 Å². The van der Waals surface area contributed by atoms with Crippen LogP contribution >= 0.6 is 23.2 Å². The molecule has 0 saturated carbocycles. The number of amides is 1. The largest absolute Gasteiger partial charge is 0.354 e. The van der Waals surface area contributed by atoms with Crippen molar-refractivity contribution in [1.29, 1.82) is 0 Å². The number of benzene rings is 1. The van der Waals surface area contributed by atoms with Crippen LogP contribution in [-0.2, 0) is 4.79 Å². The second-order valence-electron chi connectivity index (χ2n) is 5.01. The predicted molar refractivity (Wildman–Crippen MR) is 80.3 cm³/mol. The molecule has 0 spiro atoms. The Balaban J connectivity index is 2.25. The normalized spacial score (nSPS) is 20.9. The van der Waals surface area contributed by atoms with Crippen LogP contribution in [0.2, 0.25) is 5.02 Å². The predicted octanol–water partition coefficient (Wildman–Crippen LogP) is 3.44. The lowest BCUT2D eigenvalue weighted by atomic mass is 10.1. The van der Waals surface area contributed by atoms with E-state index in [1.807, 2.05) is 29.7 Å². The van der Waals surface area contributed by atoms with Gasteiger partial charge in [0.1, 0.15) is 11.9 Å². The molecule has 106 valence electrons. The van der Waals surface area contributed by atoms with Gasteiger partial charge in [0.05, 0.1) is 21.4 Å². The average molecular weight is 312 g/mol. The van der Waals surface area contributed by atoms with Gasteiger partial charge >= 0.3 is 0 Å². The molecule has 0 bridgehead atoms. The third-order valence-electron chi connectivity index (χ3n) is 3.61. The highest BCUT2D eigenvalue weighted by Crippen LogP contribution is 2.34. The summed E-state index contributed by atoms with van der Waals surface area (Å²) in [6.07, 6.45) is 1.72. The van der Waals surface area contributed by atoms with E-state index in [1.54, 1.807) is 0 Å². The molecule has 2 atom stereocenters. The van der Waals surface area contributed by atoms with E-state index in [0.29, 0.717) is 10.8 Å². The van der Waals surface area contributed by atoms with E-state index >= 15 is 0 Å². The first kappa shape index (κ1) is 13.7. The van der Waals surface area contributed by atoms with Gasteiger partial charge in [-0.2, -0.15) is 0 Å². The molecule has 1 aromatic heterocycles. The van der Waals surface area contributed by atoms with E-state index in [0.717, 1.165) is 30.4 Å². The zero-order valence-electron chi connectivity index (χ0n) is 11.1. The second-order valence-corrected chi connectivity index (χ2v) is 6.07. The summed E-state index contributed by atoms with van der Waals surface area (Å²) >= 11 is 12.6. The standard InChI is InChI=1S/C14H15Cl2N3O/c1-8(15)13-18-10-5-2-4-9(16)12(10)19(13)11-6-3-7-17-14(11)20/h2,4-5,8,11H,3,6-7H2,1H3,(H,17,20). The first-order valence-corrected chi connectivity index (χ1v) is 7.49. The zero-order valence-corrected chi connectivity index (χ0v) is 12.6. The highest BCUT2D eigenvalue weighted by atomic mass is 35.5. The number of nitrogens with zero attached hydrogens (tertiary/aromatic N) is 2. The van der Waals surface area contributed by atoms with Gasteiger partial charge in [-0.05, 0) is 31.9 Å². The second kappa shape index (κ2) is 5.26. The van der Waals surface area contributed by atoms with Gasteiger partial charge in [-0.1, -0.05) is 17.7 Å². The minimum atomic E-state index is -0.287. The quantitative estimate of drug-likeness (QED) is 0.864. The van der Waals surface area contributed by atoms with Crippen LogP contribution in [0.4, 0.5) is 0 Å². The monoisotopic (exact) mass is 311 g/mol. The molecule has 1 aliphatic heterocycles. The van der Waals surface area contributed by atoms with Gasteiger partial charge in [0.15, 0.2) is 0 Å². The molecule has 4 nitrogen and oxygen atoms in total. The third-order valence-corrected chi connectivity index (χ3v) is 4.11. The van der Waals surface area contributed by atoms with E-state index in [2.05, 4.69) is 10.3 Å². The fourth-order valence-corrected chi connectivity index (χ4v) is 3.14. The van der Waals surface area contributed by atoms with Crippen LogP contribution in [0.5, 0.6) is 0 Å². The summed E-state index contributed by atoms with van der Waals surface area (Å²) in [6.45, 7) is 2.58. The lowest BCUT2D eigenvalue weighted by molar-refractivity contribution is -0.125. The van der Waals surface area contributed by atoms with E-state index < -0.39 is 0 Å². The van der Waals surface area contributed by atoms with E-state index in [9.17, 15) is 4.79 Å². The number of fused-ring (bicyclic) bond motifs is 1. The number of carbonyl (C=O) groups excluding carboxylic acids is 1. The Labute approximate surface area is 127 Å². The van der Waals surface area contributed by atoms with Crippen molar-refractivity contribution < 1.29 is 4.79 Å². The SMILES string of the molecule is CC(Cl)c1nc2cccc(Cl)c2n1C1CCCNC1=O. The summed E-state index contributed by atoms with van der Waals surface area (Å²) in [4.78, 5) is 16.7. The molecule has 1 aromatic carbocycles. The molecule has 1 amide bonds. The van der Waals surface area contributed by atoms with E-state index in [4.69, 9.17) is 23.2 Å². The number of hydrogen-bond donors (Lipinski definition) is 1. The van der Waals surface area contributed by atoms with Gasteiger partial charge < -0.3 is 9.88 Å². The number of rotatable bonds is 2. The van der Waals surface area contributed by atoms with Crippen molar-refractivity contribution in [2.24, 2.45) is 0 Å².